The standard InChI is InChI=1S/C15H19NO2.ClH/c1-4-5-10-6-11-7-13-14(18-9-17-13)8-12(11)15(10)16(2)3;/h6-8,15H,4-5,9H2,1-3H3;1H. The molecule has 1 aromatic rings. The SMILES string of the molecule is CCCC1=Cc2cc3c(cc2C1N(C)C)OCO3.Cl. The number of fused-ring (bicyclic) bond motifs is 2. The van der Waals surface area contributed by atoms with Crippen molar-refractivity contribution in [3.05, 3.63) is 28.8 Å². The van der Waals surface area contributed by atoms with Crippen LogP contribution in [-0.2, 0) is 0 Å². The van der Waals surface area contributed by atoms with Crippen LogP contribution in [0.5, 0.6) is 11.5 Å². The van der Waals surface area contributed by atoms with Crippen molar-refractivity contribution in [2.75, 3.05) is 20.9 Å². The maximum atomic E-state index is 5.48. The Kier molecular flexibility index (Phi) is 4.07. The zero-order valence-electron chi connectivity index (χ0n) is 11.6. The Bertz CT molecular complexity index is 511. The summed E-state index contributed by atoms with van der Waals surface area (Å²) in [5.74, 6) is 1.76. The Balaban J connectivity index is 0.00000133. The summed E-state index contributed by atoms with van der Waals surface area (Å²) in [5, 5.41) is 0. The van der Waals surface area contributed by atoms with Crippen LogP contribution in [0, 0.1) is 0 Å². The summed E-state index contributed by atoms with van der Waals surface area (Å²) < 4.78 is 10.9. The highest BCUT2D eigenvalue weighted by Gasteiger charge is 2.29. The van der Waals surface area contributed by atoms with Crippen LogP contribution < -0.4 is 9.47 Å². The molecule has 104 valence electrons. The minimum atomic E-state index is 0. The second-order valence-corrected chi connectivity index (χ2v) is 5.17. The van der Waals surface area contributed by atoms with Crippen molar-refractivity contribution < 1.29 is 9.47 Å². The van der Waals surface area contributed by atoms with Crippen LogP contribution >= 0.6 is 12.4 Å². The van der Waals surface area contributed by atoms with Gasteiger partial charge in [-0.15, -0.1) is 12.4 Å². The fraction of sp³-hybridized carbons (Fsp3) is 0.467. The predicted octanol–water partition coefficient (Wildman–Crippen LogP) is 3.64. The molecule has 1 aliphatic heterocycles. The lowest BCUT2D eigenvalue weighted by Crippen LogP contribution is -2.20. The molecule has 0 amide bonds. The van der Waals surface area contributed by atoms with Crippen LogP contribution in [0.2, 0.25) is 0 Å². The van der Waals surface area contributed by atoms with Gasteiger partial charge in [-0.05, 0) is 49.3 Å². The van der Waals surface area contributed by atoms with Gasteiger partial charge in [-0.3, -0.25) is 4.90 Å². The molecular formula is C15H20ClNO2. The molecule has 3 nitrogen and oxygen atoms in total. The molecule has 1 atom stereocenters. The van der Waals surface area contributed by atoms with Gasteiger partial charge in [-0.1, -0.05) is 19.4 Å². The minimum Gasteiger partial charge on any atom is -0.454 e. The molecule has 0 saturated carbocycles. The van der Waals surface area contributed by atoms with Gasteiger partial charge in [0, 0.05) is 0 Å². The van der Waals surface area contributed by atoms with Crippen LogP contribution in [-0.4, -0.2) is 25.8 Å². The molecule has 3 rings (SSSR count). The molecule has 1 heterocycles. The number of hydrogen-bond acceptors (Lipinski definition) is 3. The zero-order chi connectivity index (χ0) is 12.7. The Morgan fingerprint density at radius 1 is 1.21 bits per heavy atom. The summed E-state index contributed by atoms with van der Waals surface area (Å²) in [6, 6.07) is 4.63. The molecule has 0 aromatic heterocycles. The molecule has 0 saturated heterocycles. The summed E-state index contributed by atoms with van der Waals surface area (Å²) in [6.07, 6.45) is 4.63. The summed E-state index contributed by atoms with van der Waals surface area (Å²) in [7, 11) is 4.27. The number of hydrogen-bond donors (Lipinski definition) is 0. The van der Waals surface area contributed by atoms with E-state index in [1.807, 2.05) is 0 Å². The van der Waals surface area contributed by atoms with Crippen LogP contribution in [0.4, 0.5) is 0 Å². The quantitative estimate of drug-likeness (QED) is 0.844. The molecule has 1 aliphatic carbocycles. The summed E-state index contributed by atoms with van der Waals surface area (Å²) in [6.45, 7) is 2.57. The molecule has 0 N–H and O–H groups in total. The number of rotatable bonds is 3. The number of halogens is 1. The zero-order valence-corrected chi connectivity index (χ0v) is 12.4. The van der Waals surface area contributed by atoms with E-state index in [1.54, 1.807) is 0 Å². The van der Waals surface area contributed by atoms with Gasteiger partial charge in [0.1, 0.15) is 0 Å². The predicted molar refractivity (Wildman–Crippen MR) is 79.1 cm³/mol. The smallest absolute Gasteiger partial charge is 0.231 e. The van der Waals surface area contributed by atoms with Crippen molar-refractivity contribution in [3.63, 3.8) is 0 Å². The Morgan fingerprint density at radius 2 is 1.89 bits per heavy atom. The lowest BCUT2D eigenvalue weighted by molar-refractivity contribution is 0.174. The van der Waals surface area contributed by atoms with Gasteiger partial charge in [0.05, 0.1) is 6.04 Å². The molecule has 1 unspecified atom stereocenters. The molecular weight excluding hydrogens is 262 g/mol. The van der Waals surface area contributed by atoms with Crippen molar-refractivity contribution in [1.29, 1.82) is 0 Å². The molecule has 2 aliphatic rings. The van der Waals surface area contributed by atoms with E-state index in [0.29, 0.717) is 12.8 Å². The lowest BCUT2D eigenvalue weighted by atomic mass is 9.99. The summed E-state index contributed by atoms with van der Waals surface area (Å²) in [5.41, 5.74) is 4.11. The second kappa shape index (κ2) is 5.43. The van der Waals surface area contributed by atoms with Crippen LogP contribution in [0.25, 0.3) is 6.08 Å². The first kappa shape index (κ1) is 14.2. The Labute approximate surface area is 120 Å². The summed E-state index contributed by atoms with van der Waals surface area (Å²) >= 11 is 0. The van der Waals surface area contributed by atoms with Gasteiger partial charge in [-0.2, -0.15) is 0 Å². The topological polar surface area (TPSA) is 21.7 Å². The van der Waals surface area contributed by atoms with Gasteiger partial charge in [-0.25, -0.2) is 0 Å². The van der Waals surface area contributed by atoms with Crippen molar-refractivity contribution >= 4 is 18.5 Å². The molecule has 0 fully saturated rings. The lowest BCUT2D eigenvalue weighted by Gasteiger charge is -2.24. The van der Waals surface area contributed by atoms with Gasteiger partial charge in [0.25, 0.3) is 0 Å². The van der Waals surface area contributed by atoms with E-state index in [9.17, 15) is 0 Å². The highest BCUT2D eigenvalue weighted by molar-refractivity contribution is 5.85. The Hall–Kier alpha value is -1.19. The van der Waals surface area contributed by atoms with E-state index in [4.69, 9.17) is 9.47 Å². The van der Waals surface area contributed by atoms with Crippen LogP contribution in [0.1, 0.15) is 36.9 Å². The van der Waals surface area contributed by atoms with E-state index in [0.717, 1.165) is 17.9 Å². The van der Waals surface area contributed by atoms with Gasteiger partial charge >= 0.3 is 0 Å². The van der Waals surface area contributed by atoms with E-state index >= 15 is 0 Å². The first-order valence-corrected chi connectivity index (χ1v) is 6.51. The van der Waals surface area contributed by atoms with Crippen molar-refractivity contribution in [3.8, 4) is 11.5 Å². The number of benzene rings is 1. The largest absolute Gasteiger partial charge is 0.454 e. The van der Waals surface area contributed by atoms with Gasteiger partial charge in [0.15, 0.2) is 11.5 Å². The normalized spacial score (nSPS) is 19.2. The van der Waals surface area contributed by atoms with Crippen LogP contribution in [0.15, 0.2) is 17.7 Å². The third-order valence-corrected chi connectivity index (χ3v) is 3.62. The molecule has 0 spiro atoms. The first-order chi connectivity index (χ1) is 8.70. The third-order valence-electron chi connectivity index (χ3n) is 3.62. The van der Waals surface area contributed by atoms with Crippen LogP contribution in [0.3, 0.4) is 0 Å². The maximum Gasteiger partial charge on any atom is 0.231 e. The number of likely N-dealkylation sites (N-methyl/N-ethyl adjacent to an activating group) is 1. The van der Waals surface area contributed by atoms with E-state index in [2.05, 4.69) is 44.1 Å². The van der Waals surface area contributed by atoms with Crippen molar-refractivity contribution in [2.24, 2.45) is 0 Å². The van der Waals surface area contributed by atoms with E-state index < -0.39 is 0 Å². The maximum absolute atomic E-state index is 5.48. The van der Waals surface area contributed by atoms with E-state index in [1.165, 1.54) is 23.1 Å². The first-order valence-electron chi connectivity index (χ1n) is 6.51. The second-order valence-electron chi connectivity index (χ2n) is 5.17. The summed E-state index contributed by atoms with van der Waals surface area (Å²) in [4.78, 5) is 2.27. The van der Waals surface area contributed by atoms with Crippen molar-refractivity contribution in [1.82, 2.24) is 4.90 Å². The minimum absolute atomic E-state index is 0. The van der Waals surface area contributed by atoms with Gasteiger partial charge < -0.3 is 9.47 Å². The average molecular weight is 282 g/mol. The third kappa shape index (κ3) is 2.33. The monoisotopic (exact) mass is 281 g/mol. The highest BCUT2D eigenvalue weighted by atomic mass is 35.5. The number of nitrogens with zero attached hydrogens (tertiary/aromatic N) is 1. The number of ether oxygens (including phenoxy) is 2. The highest BCUT2D eigenvalue weighted by Crippen LogP contribution is 2.45. The van der Waals surface area contributed by atoms with Crippen molar-refractivity contribution in [2.45, 2.75) is 25.8 Å². The van der Waals surface area contributed by atoms with E-state index in [-0.39, 0.29) is 12.4 Å². The average Bonchev–Trinajstić information content (AvgIpc) is 2.88. The fourth-order valence-electron chi connectivity index (χ4n) is 2.92. The molecule has 1 aromatic carbocycles. The molecule has 0 bridgehead atoms. The fourth-order valence-corrected chi connectivity index (χ4v) is 2.92. The molecule has 19 heavy (non-hydrogen) atoms. The molecule has 0 radical (unpaired) electrons. The Morgan fingerprint density at radius 3 is 2.53 bits per heavy atom. The molecule has 4 heteroatoms. The van der Waals surface area contributed by atoms with Gasteiger partial charge in [0.2, 0.25) is 6.79 Å².